The number of carboxylic acids is 1. The van der Waals surface area contributed by atoms with Crippen molar-refractivity contribution in [3.05, 3.63) is 0 Å². The van der Waals surface area contributed by atoms with Gasteiger partial charge in [-0.1, -0.05) is 6.42 Å². The molecule has 0 aromatic heterocycles. The van der Waals surface area contributed by atoms with Gasteiger partial charge in [-0.3, -0.25) is 4.79 Å². The Morgan fingerprint density at radius 1 is 1.27 bits per heavy atom. The molecule has 3 nitrogen and oxygen atoms in total. The van der Waals surface area contributed by atoms with E-state index in [0.29, 0.717) is 0 Å². The van der Waals surface area contributed by atoms with Gasteiger partial charge in [0, 0.05) is 6.92 Å². The van der Waals surface area contributed by atoms with E-state index in [2.05, 4.69) is 11.9 Å². The van der Waals surface area contributed by atoms with Crippen molar-refractivity contribution < 1.29 is 9.90 Å². The van der Waals surface area contributed by atoms with Crippen molar-refractivity contribution in [2.45, 2.75) is 26.2 Å². The Morgan fingerprint density at radius 2 is 1.64 bits per heavy atom. The molecule has 3 heteroatoms. The van der Waals surface area contributed by atoms with Crippen LogP contribution in [0.1, 0.15) is 26.2 Å². The molecule has 0 aromatic rings. The maximum atomic E-state index is 9.00. The Labute approximate surface area is 68.0 Å². The lowest BCUT2D eigenvalue weighted by Gasteiger charge is -2.20. The summed E-state index contributed by atoms with van der Waals surface area (Å²) in [6.07, 6.45) is 4.28. The molecule has 0 aromatic carbocycles. The van der Waals surface area contributed by atoms with Gasteiger partial charge >= 0.3 is 0 Å². The predicted octanol–water partition coefficient (Wildman–Crippen LogP) is 1.19. The summed E-state index contributed by atoms with van der Waals surface area (Å²) in [6, 6.07) is 0. The fourth-order valence-corrected chi connectivity index (χ4v) is 1.05. The zero-order chi connectivity index (χ0) is 8.69. The molecular formula is C8H17NO2. The van der Waals surface area contributed by atoms with Crippen molar-refractivity contribution in [3.8, 4) is 0 Å². The zero-order valence-electron chi connectivity index (χ0n) is 7.34. The lowest BCUT2D eigenvalue weighted by atomic mass is 10.1. The van der Waals surface area contributed by atoms with Crippen LogP contribution in [-0.4, -0.2) is 36.1 Å². The minimum atomic E-state index is -0.833. The van der Waals surface area contributed by atoms with Crippen molar-refractivity contribution in [2.75, 3.05) is 20.1 Å². The quantitative estimate of drug-likeness (QED) is 0.577. The number of aliphatic carboxylic acids is 1. The number of hydrogen-bond acceptors (Lipinski definition) is 2. The summed E-state index contributed by atoms with van der Waals surface area (Å²) < 4.78 is 0. The highest BCUT2D eigenvalue weighted by atomic mass is 16.4. The largest absolute Gasteiger partial charge is 0.481 e. The number of piperidine rings is 1. The van der Waals surface area contributed by atoms with E-state index >= 15 is 0 Å². The van der Waals surface area contributed by atoms with E-state index in [1.165, 1.54) is 32.4 Å². The van der Waals surface area contributed by atoms with Crippen LogP contribution in [0.25, 0.3) is 0 Å². The van der Waals surface area contributed by atoms with Gasteiger partial charge in [-0.05, 0) is 33.0 Å². The van der Waals surface area contributed by atoms with Crippen LogP contribution in [-0.2, 0) is 4.79 Å². The Morgan fingerprint density at radius 3 is 1.82 bits per heavy atom. The van der Waals surface area contributed by atoms with Crippen LogP contribution in [0, 0.1) is 0 Å². The number of rotatable bonds is 0. The van der Waals surface area contributed by atoms with E-state index in [-0.39, 0.29) is 0 Å². The first-order valence-electron chi connectivity index (χ1n) is 4.01. The molecule has 0 spiro atoms. The highest BCUT2D eigenvalue weighted by molar-refractivity contribution is 5.62. The van der Waals surface area contributed by atoms with E-state index in [9.17, 15) is 0 Å². The number of likely N-dealkylation sites (tertiary alicyclic amines) is 1. The van der Waals surface area contributed by atoms with E-state index in [1.807, 2.05) is 0 Å². The molecule has 11 heavy (non-hydrogen) atoms. The summed E-state index contributed by atoms with van der Waals surface area (Å²) in [4.78, 5) is 11.4. The minimum absolute atomic E-state index is 0.833. The number of carboxylic acid groups (broad SMARTS) is 1. The SMILES string of the molecule is CC(=O)O.CN1CCCCC1. The maximum Gasteiger partial charge on any atom is 0.300 e. The molecule has 1 saturated heterocycles. The third-order valence-electron chi connectivity index (χ3n) is 1.58. The van der Waals surface area contributed by atoms with Gasteiger partial charge in [-0.15, -0.1) is 0 Å². The van der Waals surface area contributed by atoms with Gasteiger partial charge in [0.05, 0.1) is 0 Å². The summed E-state index contributed by atoms with van der Waals surface area (Å²) >= 11 is 0. The molecule has 0 saturated carbocycles. The molecule has 1 fully saturated rings. The van der Waals surface area contributed by atoms with Crippen LogP contribution in [0.3, 0.4) is 0 Å². The summed E-state index contributed by atoms with van der Waals surface area (Å²) in [5, 5.41) is 7.42. The number of carbonyl (C=O) groups is 1. The maximum absolute atomic E-state index is 9.00. The Kier molecular flexibility index (Phi) is 5.84. The topological polar surface area (TPSA) is 40.5 Å². The van der Waals surface area contributed by atoms with Gasteiger partial charge in [-0.25, -0.2) is 0 Å². The second-order valence-corrected chi connectivity index (χ2v) is 2.88. The van der Waals surface area contributed by atoms with Crippen LogP contribution in [0.2, 0.25) is 0 Å². The Balaban J connectivity index is 0.000000218. The lowest BCUT2D eigenvalue weighted by Crippen LogP contribution is -2.24. The van der Waals surface area contributed by atoms with Crippen LogP contribution in [0.5, 0.6) is 0 Å². The second-order valence-electron chi connectivity index (χ2n) is 2.88. The smallest absolute Gasteiger partial charge is 0.300 e. The molecule has 0 bridgehead atoms. The Bertz CT molecular complexity index is 105. The fraction of sp³-hybridized carbons (Fsp3) is 0.875. The molecule has 0 amide bonds. The van der Waals surface area contributed by atoms with Gasteiger partial charge in [0.15, 0.2) is 0 Å². The van der Waals surface area contributed by atoms with Gasteiger partial charge in [0.1, 0.15) is 0 Å². The normalized spacial score (nSPS) is 18.4. The first-order valence-corrected chi connectivity index (χ1v) is 4.01. The van der Waals surface area contributed by atoms with E-state index in [4.69, 9.17) is 9.90 Å². The summed E-state index contributed by atoms with van der Waals surface area (Å²) in [5.41, 5.74) is 0. The molecule has 0 atom stereocenters. The van der Waals surface area contributed by atoms with Gasteiger partial charge < -0.3 is 10.0 Å². The number of hydrogen-bond donors (Lipinski definition) is 1. The molecular weight excluding hydrogens is 142 g/mol. The van der Waals surface area contributed by atoms with Crippen molar-refractivity contribution >= 4 is 5.97 Å². The average Bonchev–Trinajstić information content (AvgIpc) is 1.87. The minimum Gasteiger partial charge on any atom is -0.481 e. The molecule has 0 aliphatic carbocycles. The molecule has 66 valence electrons. The van der Waals surface area contributed by atoms with Gasteiger partial charge in [-0.2, -0.15) is 0 Å². The highest BCUT2D eigenvalue weighted by Gasteiger charge is 2.02. The van der Waals surface area contributed by atoms with E-state index in [0.717, 1.165) is 6.92 Å². The zero-order valence-corrected chi connectivity index (χ0v) is 7.34. The molecule has 1 heterocycles. The molecule has 0 radical (unpaired) electrons. The molecule has 0 unspecified atom stereocenters. The van der Waals surface area contributed by atoms with Crippen LogP contribution in [0.15, 0.2) is 0 Å². The Hall–Kier alpha value is -0.570. The first kappa shape index (κ1) is 10.4. The summed E-state index contributed by atoms with van der Waals surface area (Å²) in [6.45, 7) is 3.72. The number of nitrogens with zero attached hydrogens (tertiary/aromatic N) is 1. The van der Waals surface area contributed by atoms with Crippen molar-refractivity contribution in [3.63, 3.8) is 0 Å². The first-order chi connectivity index (χ1) is 5.13. The molecule has 1 N–H and O–H groups in total. The highest BCUT2D eigenvalue weighted by Crippen LogP contribution is 2.04. The third kappa shape index (κ3) is 9.43. The molecule has 1 aliphatic rings. The second kappa shape index (κ2) is 6.16. The van der Waals surface area contributed by atoms with E-state index < -0.39 is 5.97 Å². The summed E-state index contributed by atoms with van der Waals surface area (Å²) in [7, 11) is 2.19. The lowest BCUT2D eigenvalue weighted by molar-refractivity contribution is -0.134. The predicted molar refractivity (Wildman–Crippen MR) is 44.7 cm³/mol. The van der Waals surface area contributed by atoms with Crippen molar-refractivity contribution in [1.82, 2.24) is 4.90 Å². The van der Waals surface area contributed by atoms with Crippen LogP contribution >= 0.6 is 0 Å². The van der Waals surface area contributed by atoms with Crippen molar-refractivity contribution in [2.24, 2.45) is 0 Å². The van der Waals surface area contributed by atoms with Gasteiger partial charge in [0.25, 0.3) is 5.97 Å². The fourth-order valence-electron chi connectivity index (χ4n) is 1.05. The standard InChI is InChI=1S/C6H13N.C2H4O2/c1-7-5-3-2-4-6-7;1-2(3)4/h2-6H2,1H3;1H3,(H,3,4). The summed E-state index contributed by atoms with van der Waals surface area (Å²) in [5.74, 6) is -0.833. The van der Waals surface area contributed by atoms with Crippen LogP contribution < -0.4 is 0 Å². The monoisotopic (exact) mass is 159 g/mol. The average molecular weight is 159 g/mol. The van der Waals surface area contributed by atoms with Crippen molar-refractivity contribution in [1.29, 1.82) is 0 Å². The molecule has 1 rings (SSSR count). The van der Waals surface area contributed by atoms with Gasteiger partial charge in [0.2, 0.25) is 0 Å². The van der Waals surface area contributed by atoms with E-state index in [1.54, 1.807) is 0 Å². The molecule has 1 aliphatic heterocycles. The third-order valence-corrected chi connectivity index (χ3v) is 1.58. The van der Waals surface area contributed by atoms with Crippen LogP contribution in [0.4, 0.5) is 0 Å².